The van der Waals surface area contributed by atoms with Crippen LogP contribution in [0, 0.1) is 65.5 Å². The Morgan fingerprint density at radius 2 is 0.795 bits per heavy atom. The number of allylic oxidation sites excluding steroid dienone is 12. The van der Waals surface area contributed by atoms with Crippen LogP contribution in [0.15, 0.2) is 191 Å². The van der Waals surface area contributed by atoms with E-state index in [2.05, 4.69) is 80.7 Å². The van der Waals surface area contributed by atoms with Gasteiger partial charge in [-0.3, -0.25) is 10.1 Å². The fourth-order valence-electron chi connectivity index (χ4n) is 13.8. The minimum atomic E-state index is -1.09. The van der Waals surface area contributed by atoms with E-state index in [0.717, 1.165) is 167 Å². The number of nitrogens with zero attached hydrogens (tertiary/aromatic N) is 5. The molecule has 0 bridgehead atoms. The SMILES string of the molecule is CNN=C1C=CCC/C=C/CC(C)OC(=O)c2c(C)cc(C)cc2C1.Cc1cc(C)c2c(c1)CC(=NOC1CCCCO1)/C=C/CC/C=C/CC(C)OC2=O.Cc1cc(C)c2c(c1)CC(=NOCC(=O)O)/C=C/CC/C=C/CC(C)OC2=O.Cc1cc(C)c2c(c1)CC(=NOCc1ccc([N+](=O)[O-])cc1)/C=C/CC/C=C/CC(C)OC2=O. The molecule has 5 aliphatic heterocycles. The highest BCUT2D eigenvalue weighted by atomic mass is 16.8. The number of nitrogens with one attached hydrogen (secondary N) is 1. The number of benzene rings is 5. The lowest BCUT2D eigenvalue weighted by molar-refractivity contribution is -0.384. The number of ether oxygens (including phenoxy) is 5. The molecule has 5 aromatic rings. The Morgan fingerprint density at radius 1 is 0.462 bits per heavy atom. The molecule has 1 saturated heterocycles. The number of carbonyl (C=O) groups is 5. The molecule has 1 fully saturated rings. The maximum atomic E-state index is 13.0. The third kappa shape index (κ3) is 33.0. The first-order valence-electron chi connectivity index (χ1n) is 40.6. The summed E-state index contributed by atoms with van der Waals surface area (Å²) in [5.41, 5.74) is 20.3. The number of hydrogen-bond acceptors (Lipinski definition) is 20. The minimum Gasteiger partial charge on any atom is -0.479 e. The Kier molecular flexibility index (Phi) is 39.3. The summed E-state index contributed by atoms with van der Waals surface area (Å²) in [6, 6.07) is 22.2. The molecule has 0 aliphatic carbocycles. The van der Waals surface area contributed by atoms with E-state index in [-0.39, 0.29) is 66.9 Å². The van der Waals surface area contributed by atoms with Crippen LogP contribution in [0.1, 0.15) is 238 Å². The van der Waals surface area contributed by atoms with E-state index in [1.54, 1.807) is 19.2 Å². The van der Waals surface area contributed by atoms with Crippen molar-refractivity contribution in [3.05, 3.63) is 275 Å². The molecule has 10 rings (SSSR count). The summed E-state index contributed by atoms with van der Waals surface area (Å²) in [5, 5.41) is 36.7. The normalized spacial score (nSPS) is 22.7. The largest absolute Gasteiger partial charge is 0.479 e. The van der Waals surface area contributed by atoms with Crippen LogP contribution in [0.25, 0.3) is 0 Å². The number of aryl methyl sites for hydroxylation is 8. The topological polar surface area (TPSA) is 284 Å². The predicted octanol–water partition coefficient (Wildman–Crippen LogP) is 20.2. The summed E-state index contributed by atoms with van der Waals surface area (Å²) in [7, 11) is 1.78. The Morgan fingerprint density at radius 3 is 1.13 bits per heavy atom. The van der Waals surface area contributed by atoms with Crippen molar-refractivity contribution in [1.82, 2.24) is 5.43 Å². The van der Waals surface area contributed by atoms with Gasteiger partial charge in [-0.2, -0.15) is 5.10 Å². The highest BCUT2D eigenvalue weighted by Gasteiger charge is 2.26. The van der Waals surface area contributed by atoms with Crippen molar-refractivity contribution in [3.63, 3.8) is 0 Å². The molecule has 0 amide bonds. The third-order valence-corrected chi connectivity index (χ3v) is 19.2. The molecule has 22 heteroatoms. The number of cyclic esters (lactones) is 4. The molecule has 2 N–H and O–H groups in total. The van der Waals surface area contributed by atoms with Crippen molar-refractivity contribution in [2.45, 2.75) is 242 Å². The zero-order valence-corrected chi connectivity index (χ0v) is 70.4. The average Bonchev–Trinajstić information content (AvgIpc) is 0.828. The van der Waals surface area contributed by atoms with E-state index in [1.165, 1.54) is 12.1 Å². The fourth-order valence-corrected chi connectivity index (χ4v) is 13.8. The smallest absolute Gasteiger partial charge is 0.344 e. The van der Waals surface area contributed by atoms with Gasteiger partial charge in [-0.15, -0.1) is 0 Å². The van der Waals surface area contributed by atoms with Crippen molar-refractivity contribution in [1.29, 1.82) is 0 Å². The second kappa shape index (κ2) is 49.5. The lowest BCUT2D eigenvalue weighted by Crippen LogP contribution is -2.21. The van der Waals surface area contributed by atoms with Gasteiger partial charge in [-0.1, -0.05) is 159 Å². The molecule has 0 spiro atoms. The zero-order chi connectivity index (χ0) is 84.6. The summed E-state index contributed by atoms with van der Waals surface area (Å²) in [6.45, 7) is 23.8. The third-order valence-electron chi connectivity index (χ3n) is 19.2. The molecule has 5 atom stereocenters. The second-order valence-corrected chi connectivity index (χ2v) is 30.1. The Bertz CT molecular complexity index is 4580. The number of non-ortho nitro benzene ring substituents is 1. The lowest BCUT2D eigenvalue weighted by atomic mass is 9.95. The maximum absolute atomic E-state index is 13.0. The first kappa shape index (κ1) is 92.8. The molecule has 5 heterocycles. The van der Waals surface area contributed by atoms with Gasteiger partial charge < -0.3 is 48.7 Å². The summed E-state index contributed by atoms with van der Waals surface area (Å²) < 4.78 is 28.4. The van der Waals surface area contributed by atoms with Crippen LogP contribution in [0.5, 0.6) is 0 Å². The first-order chi connectivity index (χ1) is 56.2. The summed E-state index contributed by atoms with van der Waals surface area (Å²) in [6.07, 6.45) is 46.5. The van der Waals surface area contributed by atoms with E-state index in [9.17, 15) is 34.1 Å². The number of hydrogen-bond donors (Lipinski definition) is 2. The van der Waals surface area contributed by atoms with Gasteiger partial charge in [0, 0.05) is 77.0 Å². The highest BCUT2D eigenvalue weighted by molar-refractivity contribution is 6.03. The van der Waals surface area contributed by atoms with Crippen molar-refractivity contribution < 1.29 is 72.2 Å². The number of fused-ring (bicyclic) bond motifs is 4. The van der Waals surface area contributed by atoms with Crippen LogP contribution in [0.4, 0.5) is 5.69 Å². The molecule has 624 valence electrons. The number of esters is 4. The van der Waals surface area contributed by atoms with Crippen molar-refractivity contribution in [3.8, 4) is 0 Å². The number of rotatable bonds is 10. The Balaban J connectivity index is 0.000000217. The summed E-state index contributed by atoms with van der Waals surface area (Å²) >= 11 is 0. The van der Waals surface area contributed by atoms with Gasteiger partial charge in [0.15, 0.2) is 0 Å². The number of nitro benzene ring substituents is 1. The van der Waals surface area contributed by atoms with Crippen LogP contribution in [-0.2, 0) is 75.3 Å². The standard InChI is InChI=1S/C27H30N2O5.C25H33NO4.C22H27NO5.C21H28N2O2/c1-19-15-20(2)26-23(16-19)17-24(10-8-6-4-5-7-9-21(3)34-27(26)30)28-33-18-22-11-13-25(14-12-22)29(31)32;1-18-15-19(2)24-21(16-18)17-22(26-30-23-13-9-10-14-28-23)12-8-6-4-5-7-11-20(3)29-25(24)27;1-15-11-16(2)21-18(12-15)13-19(23-27-14-20(24)25)10-8-6-4-5-7-9-17(3)28-22(21)26;1-15-12-16(2)20-18(13-15)14-19(23-22-4)11-9-7-5-6-8-10-17(3)25-21(20)24/h5,7-8,10-16,21H,4,6,9,17-18H2,1-3H3;5,7-8,12,15-16,20,23H,4,6,9-11,13-14,17H2,1-3H3;5,7-8,10-12,17H,4,6,9,13-14H2,1-3H3,(H,24,25);6,8-9,11-13,17,22H,5,7,10,14H2,1-4H3/b7-5+,10-8+,28-24?;7-5+,12-8+,26-22?;7-5+,10-8+,23-19?;8-6+,11-9?,23-19?. The Hall–Kier alpha value is -11.4. The second-order valence-electron chi connectivity index (χ2n) is 30.1. The summed E-state index contributed by atoms with van der Waals surface area (Å²) in [4.78, 5) is 88.9. The fraction of sp³-hybridized carbons (Fsp3) is 0.421. The monoisotopic (exact) mass is 1600 g/mol. The van der Waals surface area contributed by atoms with E-state index >= 15 is 0 Å². The molecule has 0 saturated carbocycles. The number of carbonyl (C=O) groups excluding carboxylic acids is 4. The van der Waals surface area contributed by atoms with E-state index in [1.807, 2.05) is 174 Å². The quantitative estimate of drug-likeness (QED) is 0.0432. The van der Waals surface area contributed by atoms with Gasteiger partial charge in [-0.25, -0.2) is 24.0 Å². The lowest BCUT2D eigenvalue weighted by Gasteiger charge is -2.20. The first-order valence-corrected chi connectivity index (χ1v) is 40.6. The van der Waals surface area contributed by atoms with Gasteiger partial charge in [-0.05, 0) is 234 Å². The van der Waals surface area contributed by atoms with Crippen LogP contribution in [0.2, 0.25) is 0 Å². The number of hydrazone groups is 1. The van der Waals surface area contributed by atoms with Crippen LogP contribution in [-0.4, -0.2) is 114 Å². The van der Waals surface area contributed by atoms with Crippen molar-refractivity contribution in [2.75, 3.05) is 20.3 Å². The van der Waals surface area contributed by atoms with Gasteiger partial charge in [0.25, 0.3) is 5.69 Å². The average molecular weight is 1600 g/mol. The van der Waals surface area contributed by atoms with Crippen molar-refractivity contribution >= 4 is 58.4 Å². The van der Waals surface area contributed by atoms with Gasteiger partial charge in [0.2, 0.25) is 12.9 Å². The molecule has 0 radical (unpaired) electrons. The molecule has 5 aromatic carbocycles. The molecular weight excluding hydrogens is 1480 g/mol. The number of nitro groups is 1. The minimum absolute atomic E-state index is 0.0293. The predicted molar refractivity (Wildman–Crippen MR) is 461 cm³/mol. The van der Waals surface area contributed by atoms with E-state index in [4.69, 9.17) is 43.3 Å². The van der Waals surface area contributed by atoms with Crippen LogP contribution < -0.4 is 5.43 Å². The highest BCUT2D eigenvalue weighted by Crippen LogP contribution is 2.28. The van der Waals surface area contributed by atoms with Gasteiger partial charge >= 0.3 is 29.8 Å². The van der Waals surface area contributed by atoms with Crippen LogP contribution in [0.3, 0.4) is 0 Å². The van der Waals surface area contributed by atoms with Gasteiger partial charge in [0.1, 0.15) is 31.0 Å². The number of oxime groups is 3. The molecule has 0 aromatic heterocycles. The number of carboxylic acid groups (broad SMARTS) is 1. The van der Waals surface area contributed by atoms with Gasteiger partial charge in [0.05, 0.1) is 56.6 Å². The molecule has 5 aliphatic rings. The molecule has 5 unspecified atom stereocenters. The summed E-state index contributed by atoms with van der Waals surface area (Å²) in [5.74, 6) is -2.32. The molecule has 117 heavy (non-hydrogen) atoms. The van der Waals surface area contributed by atoms with E-state index < -0.39 is 17.5 Å². The number of carboxylic acids is 1. The van der Waals surface area contributed by atoms with Crippen molar-refractivity contribution in [2.24, 2.45) is 20.6 Å². The maximum Gasteiger partial charge on any atom is 0.344 e. The van der Waals surface area contributed by atoms with Crippen LogP contribution >= 0.6 is 0 Å². The number of aliphatic carboxylic acids is 1. The van der Waals surface area contributed by atoms with E-state index in [0.29, 0.717) is 78.8 Å². The Labute approximate surface area is 690 Å². The molecular formula is C95H118N6O16. The zero-order valence-electron chi connectivity index (χ0n) is 70.4. The molecule has 22 nitrogen and oxygen atoms in total.